The predicted octanol–water partition coefficient (Wildman–Crippen LogP) is 3.52. The van der Waals surface area contributed by atoms with E-state index in [9.17, 15) is 13.2 Å². The number of hydrogen-bond acceptors (Lipinski definition) is 5. The van der Waals surface area contributed by atoms with E-state index in [4.69, 9.17) is 9.88 Å². The van der Waals surface area contributed by atoms with Gasteiger partial charge in [0.1, 0.15) is 5.75 Å². The number of carbonyl (C=O) groups excluding carboxylic acids is 1. The summed E-state index contributed by atoms with van der Waals surface area (Å²) in [5.41, 5.74) is 3.22. The molecule has 7 nitrogen and oxygen atoms in total. The summed E-state index contributed by atoms with van der Waals surface area (Å²) in [6.07, 6.45) is 4.28. The highest BCUT2D eigenvalue weighted by Crippen LogP contribution is 2.31. The third-order valence-electron chi connectivity index (χ3n) is 5.95. The molecule has 2 aromatic rings. The van der Waals surface area contributed by atoms with Crippen molar-refractivity contribution in [1.82, 2.24) is 4.90 Å². The van der Waals surface area contributed by atoms with Gasteiger partial charge in [0.05, 0.1) is 18.6 Å². The molecule has 0 aromatic heterocycles. The van der Waals surface area contributed by atoms with Gasteiger partial charge in [0.15, 0.2) is 0 Å². The molecule has 1 atom stereocenters. The second-order valence-corrected chi connectivity index (χ2v) is 9.68. The maximum absolute atomic E-state index is 12.9. The summed E-state index contributed by atoms with van der Waals surface area (Å²) in [4.78, 5) is 15.1. The van der Waals surface area contributed by atoms with Crippen molar-refractivity contribution in [2.45, 2.75) is 50.5 Å². The molecule has 3 rings (SSSR count). The van der Waals surface area contributed by atoms with E-state index in [1.165, 1.54) is 17.7 Å². The number of primary sulfonamides is 1. The first-order chi connectivity index (χ1) is 14.7. The fourth-order valence-electron chi connectivity index (χ4n) is 4.06. The summed E-state index contributed by atoms with van der Waals surface area (Å²) >= 11 is 0. The van der Waals surface area contributed by atoms with Crippen molar-refractivity contribution < 1.29 is 17.9 Å². The Labute approximate surface area is 184 Å². The Morgan fingerprint density at radius 1 is 1.16 bits per heavy atom. The highest BCUT2D eigenvalue weighted by molar-refractivity contribution is 7.89. The Balaban J connectivity index is 1.79. The number of nitrogens with zero attached hydrogens (tertiary/aromatic N) is 1. The maximum Gasteiger partial charge on any atom is 0.238 e. The van der Waals surface area contributed by atoms with E-state index in [-0.39, 0.29) is 23.4 Å². The number of sulfonamides is 1. The summed E-state index contributed by atoms with van der Waals surface area (Å²) in [7, 11) is -2.21. The molecule has 1 fully saturated rings. The fraction of sp³-hybridized carbons (Fsp3) is 0.435. The van der Waals surface area contributed by atoms with E-state index in [0.29, 0.717) is 5.69 Å². The molecule has 168 valence electrons. The van der Waals surface area contributed by atoms with Crippen LogP contribution in [0.1, 0.15) is 48.4 Å². The summed E-state index contributed by atoms with van der Waals surface area (Å²) in [6, 6.07) is 11.1. The standard InChI is InChI=1S/C23H31N3O4S/c1-16-13-20(31(24,28)29)14-21(17(16)2)25-23(27)15-26-12-6-4-5-7-22(26)18-8-10-19(30-3)11-9-18/h8-11,13-14,22H,4-7,12,15H2,1-3H3,(H,25,27)(H2,24,28,29). The summed E-state index contributed by atoms with van der Waals surface area (Å²) in [5.74, 6) is 0.636. The first-order valence-corrected chi connectivity index (χ1v) is 12.1. The molecule has 2 aromatic carbocycles. The highest BCUT2D eigenvalue weighted by atomic mass is 32.2. The molecule has 1 saturated heterocycles. The molecule has 1 aliphatic heterocycles. The van der Waals surface area contributed by atoms with Crippen LogP contribution in [0.25, 0.3) is 0 Å². The first kappa shape index (κ1) is 23.2. The van der Waals surface area contributed by atoms with Crippen molar-refractivity contribution >= 4 is 21.6 Å². The minimum atomic E-state index is -3.85. The first-order valence-electron chi connectivity index (χ1n) is 10.5. The topological polar surface area (TPSA) is 102 Å². The molecule has 0 aliphatic carbocycles. The van der Waals surface area contributed by atoms with Crippen LogP contribution in [-0.2, 0) is 14.8 Å². The second-order valence-electron chi connectivity index (χ2n) is 8.11. The lowest BCUT2D eigenvalue weighted by Gasteiger charge is -2.30. The number of hydrogen-bond donors (Lipinski definition) is 2. The molecular formula is C23H31N3O4S. The Morgan fingerprint density at radius 2 is 1.87 bits per heavy atom. The summed E-state index contributed by atoms with van der Waals surface area (Å²) in [6.45, 7) is 4.71. The van der Waals surface area contributed by atoms with E-state index in [1.807, 2.05) is 19.1 Å². The second kappa shape index (κ2) is 9.80. The van der Waals surface area contributed by atoms with Crippen molar-refractivity contribution in [2.24, 2.45) is 5.14 Å². The lowest BCUT2D eigenvalue weighted by molar-refractivity contribution is -0.117. The van der Waals surface area contributed by atoms with Gasteiger partial charge in [0.25, 0.3) is 0 Å². The number of nitrogens with one attached hydrogen (secondary N) is 1. The molecule has 0 spiro atoms. The van der Waals surface area contributed by atoms with E-state index >= 15 is 0 Å². The van der Waals surface area contributed by atoms with E-state index in [0.717, 1.165) is 49.1 Å². The van der Waals surface area contributed by atoms with Gasteiger partial charge in [-0.15, -0.1) is 0 Å². The Bertz CT molecular complexity index is 1040. The van der Waals surface area contributed by atoms with Gasteiger partial charge in [0, 0.05) is 11.7 Å². The Morgan fingerprint density at radius 3 is 2.52 bits per heavy atom. The number of nitrogens with two attached hydrogens (primary N) is 1. The number of amides is 1. The van der Waals surface area contributed by atoms with Crippen molar-refractivity contribution in [3.05, 3.63) is 53.1 Å². The van der Waals surface area contributed by atoms with Gasteiger partial charge in [-0.05, 0) is 74.2 Å². The van der Waals surface area contributed by atoms with Crippen LogP contribution in [0.5, 0.6) is 5.75 Å². The third-order valence-corrected chi connectivity index (χ3v) is 6.85. The number of ether oxygens (including phenoxy) is 1. The minimum Gasteiger partial charge on any atom is -0.497 e. The molecule has 0 radical (unpaired) electrons. The van der Waals surface area contributed by atoms with E-state index in [1.54, 1.807) is 14.0 Å². The molecule has 1 unspecified atom stereocenters. The smallest absolute Gasteiger partial charge is 0.238 e. The number of benzene rings is 2. The maximum atomic E-state index is 12.9. The Hall–Kier alpha value is -2.42. The average Bonchev–Trinajstić information content (AvgIpc) is 2.96. The monoisotopic (exact) mass is 445 g/mol. The molecule has 1 amide bonds. The van der Waals surface area contributed by atoms with Crippen LogP contribution in [-0.4, -0.2) is 39.4 Å². The average molecular weight is 446 g/mol. The van der Waals surface area contributed by atoms with Crippen LogP contribution in [0.3, 0.4) is 0 Å². The number of carbonyl (C=O) groups is 1. The van der Waals surface area contributed by atoms with Crippen LogP contribution in [0.15, 0.2) is 41.3 Å². The largest absolute Gasteiger partial charge is 0.497 e. The molecular weight excluding hydrogens is 414 g/mol. The molecule has 3 N–H and O–H groups in total. The van der Waals surface area contributed by atoms with Gasteiger partial charge in [0.2, 0.25) is 15.9 Å². The molecule has 1 heterocycles. The van der Waals surface area contributed by atoms with E-state index in [2.05, 4.69) is 22.3 Å². The van der Waals surface area contributed by atoms with Gasteiger partial charge in [-0.1, -0.05) is 25.0 Å². The third kappa shape index (κ3) is 5.84. The number of anilines is 1. The molecule has 1 aliphatic rings. The normalized spacial score (nSPS) is 17.7. The number of methoxy groups -OCH3 is 1. The van der Waals surface area contributed by atoms with Gasteiger partial charge < -0.3 is 10.1 Å². The molecule has 8 heteroatoms. The minimum absolute atomic E-state index is 0.00298. The number of likely N-dealkylation sites (tertiary alicyclic amines) is 1. The van der Waals surface area contributed by atoms with Crippen LogP contribution in [0.2, 0.25) is 0 Å². The van der Waals surface area contributed by atoms with Gasteiger partial charge >= 0.3 is 0 Å². The van der Waals surface area contributed by atoms with Crippen molar-refractivity contribution in [3.8, 4) is 5.75 Å². The summed E-state index contributed by atoms with van der Waals surface area (Å²) in [5, 5.41) is 8.19. The zero-order valence-corrected chi connectivity index (χ0v) is 19.2. The number of aryl methyl sites for hydroxylation is 1. The lowest BCUT2D eigenvalue weighted by Crippen LogP contribution is -2.36. The van der Waals surface area contributed by atoms with Gasteiger partial charge in [-0.3, -0.25) is 9.69 Å². The van der Waals surface area contributed by atoms with Crippen LogP contribution in [0, 0.1) is 13.8 Å². The van der Waals surface area contributed by atoms with Crippen molar-refractivity contribution in [2.75, 3.05) is 25.5 Å². The van der Waals surface area contributed by atoms with Gasteiger partial charge in [-0.2, -0.15) is 0 Å². The highest BCUT2D eigenvalue weighted by Gasteiger charge is 2.25. The molecule has 31 heavy (non-hydrogen) atoms. The zero-order valence-electron chi connectivity index (χ0n) is 18.3. The predicted molar refractivity (Wildman–Crippen MR) is 122 cm³/mol. The van der Waals surface area contributed by atoms with E-state index < -0.39 is 10.0 Å². The number of rotatable bonds is 6. The fourth-order valence-corrected chi connectivity index (χ4v) is 4.68. The Kier molecular flexibility index (Phi) is 7.35. The SMILES string of the molecule is COc1ccc(C2CCCCCN2CC(=O)Nc2cc(S(N)(=O)=O)cc(C)c2C)cc1. The lowest BCUT2D eigenvalue weighted by atomic mass is 10.0. The summed E-state index contributed by atoms with van der Waals surface area (Å²) < 4.78 is 28.8. The van der Waals surface area contributed by atoms with Crippen LogP contribution < -0.4 is 15.2 Å². The molecule has 0 saturated carbocycles. The van der Waals surface area contributed by atoms with Crippen molar-refractivity contribution in [1.29, 1.82) is 0 Å². The van der Waals surface area contributed by atoms with Gasteiger partial charge in [-0.25, -0.2) is 13.6 Å². The molecule has 0 bridgehead atoms. The van der Waals surface area contributed by atoms with Crippen LogP contribution >= 0.6 is 0 Å². The van der Waals surface area contributed by atoms with Crippen molar-refractivity contribution in [3.63, 3.8) is 0 Å². The quantitative estimate of drug-likeness (QED) is 0.708. The van der Waals surface area contributed by atoms with Crippen LogP contribution in [0.4, 0.5) is 5.69 Å². The zero-order chi connectivity index (χ0) is 22.6.